The van der Waals surface area contributed by atoms with E-state index in [1.54, 1.807) is 23.0 Å². The molecule has 0 aliphatic carbocycles. The molecule has 0 bridgehead atoms. The van der Waals surface area contributed by atoms with Crippen LogP contribution in [0.5, 0.6) is 5.75 Å². The molecule has 3 aliphatic heterocycles. The molecule has 12 heteroatoms. The second-order valence-electron chi connectivity index (χ2n) is 16.2. The van der Waals surface area contributed by atoms with Crippen LogP contribution < -0.4 is 25.5 Å². The highest BCUT2D eigenvalue weighted by molar-refractivity contribution is 6.91. The van der Waals surface area contributed by atoms with Gasteiger partial charge in [-0.3, -0.25) is 14.4 Å². The highest BCUT2D eigenvalue weighted by Gasteiger charge is 2.66. The third-order valence-electron chi connectivity index (χ3n) is 12.3. The van der Waals surface area contributed by atoms with Crippen molar-refractivity contribution in [2.45, 2.75) is 69.6 Å². The van der Waals surface area contributed by atoms with Gasteiger partial charge in [0.25, 0.3) is 5.91 Å². The molecule has 4 aromatic carbocycles. The Hall–Kier alpha value is -4.52. The summed E-state index contributed by atoms with van der Waals surface area (Å²) in [6, 6.07) is 31.0. The molecule has 0 radical (unpaired) electrons. The molecule has 3 amide bonds. The van der Waals surface area contributed by atoms with Crippen molar-refractivity contribution in [2.24, 2.45) is 11.8 Å². The first-order valence-corrected chi connectivity index (χ1v) is 23.4. The summed E-state index contributed by atoms with van der Waals surface area (Å²) < 4.78 is 12.7. The van der Waals surface area contributed by atoms with Crippen molar-refractivity contribution in [1.82, 2.24) is 10.2 Å². The standard InChI is InChI=1S/C45H53ClN4O6Si/c1-30-42(57(3,4)37-18-16-36(55-2)17-19-37)40(26-41(52)49(22-23-51)28-31-10-6-5-7-11-31)56-45(30)38-25-34(46)15-20-39(38)50(44(45)54)29-32-12-8-14-35(24-32)48-43(53)33-13-9-21-47-27-33/h5-8,10-12,14-20,24-25,30,33,40,42,47,51H,9,13,21-23,26-29H2,1-4H3,(H,48,53)/t30-,33?,40+,42-,45+/m0/s1. The molecule has 57 heavy (non-hydrogen) atoms. The van der Waals surface area contributed by atoms with Gasteiger partial charge in [0.2, 0.25) is 11.8 Å². The Bertz CT molecular complexity index is 2080. The van der Waals surface area contributed by atoms with E-state index >= 15 is 4.79 Å². The average Bonchev–Trinajstić information content (AvgIpc) is 3.64. The molecule has 1 spiro atoms. The lowest BCUT2D eigenvalue weighted by atomic mass is 9.82. The van der Waals surface area contributed by atoms with Crippen molar-refractivity contribution in [3.63, 3.8) is 0 Å². The third-order valence-corrected chi connectivity index (χ3v) is 16.9. The van der Waals surface area contributed by atoms with E-state index in [4.69, 9.17) is 21.1 Å². The van der Waals surface area contributed by atoms with Gasteiger partial charge < -0.3 is 35.0 Å². The Morgan fingerprint density at radius 1 is 1.04 bits per heavy atom. The van der Waals surface area contributed by atoms with Crippen LogP contribution in [0.4, 0.5) is 11.4 Å². The van der Waals surface area contributed by atoms with E-state index in [9.17, 15) is 14.7 Å². The molecule has 2 fully saturated rings. The number of rotatable bonds is 13. The Morgan fingerprint density at radius 3 is 2.49 bits per heavy atom. The first kappa shape index (κ1) is 40.7. The second-order valence-corrected chi connectivity index (χ2v) is 21.3. The van der Waals surface area contributed by atoms with Gasteiger partial charge in [-0.25, -0.2) is 0 Å². The fraction of sp³-hybridized carbons (Fsp3) is 0.400. The lowest BCUT2D eigenvalue weighted by Crippen LogP contribution is -2.52. The maximum Gasteiger partial charge on any atom is 0.264 e. The van der Waals surface area contributed by atoms with E-state index in [1.807, 2.05) is 78.9 Å². The largest absolute Gasteiger partial charge is 0.497 e. The number of anilines is 2. The van der Waals surface area contributed by atoms with Gasteiger partial charge in [-0.05, 0) is 78.5 Å². The summed E-state index contributed by atoms with van der Waals surface area (Å²) >= 11 is 6.73. The van der Waals surface area contributed by atoms with Crippen LogP contribution in [-0.4, -0.2) is 75.3 Å². The summed E-state index contributed by atoms with van der Waals surface area (Å²) in [5.74, 6) is -0.0474. The third kappa shape index (κ3) is 8.13. The Morgan fingerprint density at radius 2 is 1.79 bits per heavy atom. The van der Waals surface area contributed by atoms with Crippen molar-refractivity contribution in [3.8, 4) is 5.75 Å². The predicted octanol–water partition coefficient (Wildman–Crippen LogP) is 6.46. The molecule has 1 unspecified atom stereocenters. The molecule has 4 aromatic rings. The molecule has 3 aliphatic rings. The number of aliphatic hydroxyl groups is 1. The van der Waals surface area contributed by atoms with Crippen LogP contribution in [0.1, 0.15) is 42.9 Å². The van der Waals surface area contributed by atoms with Gasteiger partial charge >= 0.3 is 0 Å². The molecule has 10 nitrogen and oxygen atoms in total. The number of halogens is 1. The minimum absolute atomic E-state index is 0.0136. The normalized spacial score (nSPS) is 23.1. The van der Waals surface area contributed by atoms with Crippen molar-refractivity contribution in [3.05, 3.63) is 119 Å². The predicted molar refractivity (Wildman–Crippen MR) is 226 cm³/mol. The number of fused-ring (bicyclic) bond motifs is 2. The van der Waals surface area contributed by atoms with E-state index in [0.29, 0.717) is 35.1 Å². The lowest BCUT2D eigenvalue weighted by molar-refractivity contribution is -0.150. The molecule has 5 atom stereocenters. The van der Waals surface area contributed by atoms with Crippen molar-refractivity contribution in [2.75, 3.05) is 43.6 Å². The van der Waals surface area contributed by atoms with E-state index in [2.05, 4.69) is 42.8 Å². The second kappa shape index (κ2) is 17.1. The summed E-state index contributed by atoms with van der Waals surface area (Å²) in [5.41, 5.74) is 2.31. The molecule has 7 rings (SSSR count). The van der Waals surface area contributed by atoms with E-state index in [-0.39, 0.29) is 61.2 Å². The van der Waals surface area contributed by atoms with Gasteiger partial charge in [-0.15, -0.1) is 0 Å². The number of methoxy groups -OCH3 is 1. The van der Waals surface area contributed by atoms with Crippen molar-refractivity contribution >= 4 is 54.0 Å². The first-order chi connectivity index (χ1) is 27.5. The highest BCUT2D eigenvalue weighted by Crippen LogP contribution is 2.60. The Balaban J connectivity index is 1.24. The fourth-order valence-corrected chi connectivity index (χ4v) is 13.6. The summed E-state index contributed by atoms with van der Waals surface area (Å²) in [6.07, 6.45) is 1.23. The summed E-state index contributed by atoms with van der Waals surface area (Å²) in [6.45, 7) is 8.82. The van der Waals surface area contributed by atoms with Crippen molar-refractivity contribution < 1.29 is 29.0 Å². The molecule has 0 aromatic heterocycles. The van der Waals surface area contributed by atoms with Gasteiger partial charge in [-0.1, -0.05) is 91.4 Å². The Kier molecular flexibility index (Phi) is 12.2. The minimum atomic E-state index is -2.54. The molecule has 0 saturated carbocycles. The van der Waals surface area contributed by atoms with E-state index in [0.717, 1.165) is 41.4 Å². The number of hydrogen-bond acceptors (Lipinski definition) is 7. The van der Waals surface area contributed by atoms with E-state index in [1.165, 1.54) is 0 Å². The zero-order valence-electron chi connectivity index (χ0n) is 33.2. The number of aliphatic hydroxyl groups excluding tert-OH is 1. The Labute approximate surface area is 341 Å². The minimum Gasteiger partial charge on any atom is -0.497 e. The van der Waals surface area contributed by atoms with Crippen LogP contribution in [0.2, 0.25) is 23.7 Å². The number of piperidine rings is 1. The summed E-state index contributed by atoms with van der Waals surface area (Å²) in [7, 11) is -0.900. The number of carbonyl (C=O) groups excluding carboxylic acids is 3. The van der Waals surface area contributed by atoms with E-state index < -0.39 is 19.8 Å². The molecule has 2 saturated heterocycles. The number of hydrogen-bond donors (Lipinski definition) is 3. The van der Waals surface area contributed by atoms with Crippen LogP contribution >= 0.6 is 11.6 Å². The van der Waals surface area contributed by atoms with Gasteiger partial charge in [-0.2, -0.15) is 0 Å². The van der Waals surface area contributed by atoms with Gasteiger partial charge in [0.05, 0.1) is 52.5 Å². The van der Waals surface area contributed by atoms with Gasteiger partial charge in [0.15, 0.2) is 5.60 Å². The smallest absolute Gasteiger partial charge is 0.264 e. The monoisotopic (exact) mass is 808 g/mol. The topological polar surface area (TPSA) is 120 Å². The zero-order valence-corrected chi connectivity index (χ0v) is 34.9. The van der Waals surface area contributed by atoms with Crippen LogP contribution in [0, 0.1) is 11.8 Å². The van der Waals surface area contributed by atoms with Gasteiger partial charge in [0, 0.05) is 41.8 Å². The number of ether oxygens (including phenoxy) is 2. The van der Waals surface area contributed by atoms with Crippen molar-refractivity contribution in [1.29, 1.82) is 0 Å². The molecular weight excluding hydrogens is 756 g/mol. The van der Waals surface area contributed by atoms with Gasteiger partial charge in [0.1, 0.15) is 5.75 Å². The SMILES string of the molecule is COc1ccc([Si](C)(C)[C@@H]2[C@@H](CC(=O)N(CCO)Cc3ccccc3)O[C@]3(C(=O)N(Cc4cccc(NC(=O)C5CCCNC5)c4)c4ccc(Cl)cc43)[C@H]2C)cc1. The number of nitrogens with zero attached hydrogens (tertiary/aromatic N) is 2. The quantitative estimate of drug-likeness (QED) is 0.133. The fourth-order valence-electron chi connectivity index (χ4n) is 9.41. The highest BCUT2D eigenvalue weighted by atomic mass is 35.5. The molecular formula is C45H53ClN4O6Si. The number of amides is 3. The summed E-state index contributed by atoms with van der Waals surface area (Å²) in [5, 5.41) is 18.1. The summed E-state index contributed by atoms with van der Waals surface area (Å²) in [4.78, 5) is 46.3. The molecule has 300 valence electrons. The first-order valence-electron chi connectivity index (χ1n) is 19.9. The number of nitrogens with one attached hydrogen (secondary N) is 2. The molecule has 3 heterocycles. The average molecular weight is 809 g/mol. The maximum atomic E-state index is 15.3. The number of benzene rings is 4. The van der Waals surface area contributed by atoms with Crippen LogP contribution in [0.25, 0.3) is 0 Å². The molecule has 3 N–H and O–H groups in total. The number of carbonyl (C=O) groups is 3. The van der Waals surface area contributed by atoms with Crippen LogP contribution in [0.15, 0.2) is 97.1 Å². The maximum absolute atomic E-state index is 15.3. The van der Waals surface area contributed by atoms with Crippen LogP contribution in [-0.2, 0) is 37.8 Å². The zero-order chi connectivity index (χ0) is 40.3. The lowest BCUT2D eigenvalue weighted by Gasteiger charge is -2.37. The van der Waals surface area contributed by atoms with Crippen LogP contribution in [0.3, 0.4) is 0 Å².